The van der Waals surface area contributed by atoms with Crippen LogP contribution in [-0.2, 0) is 0 Å². The Morgan fingerprint density at radius 1 is 0.897 bits per heavy atom. The van der Waals surface area contributed by atoms with E-state index in [2.05, 4.69) is 42.9 Å². The van der Waals surface area contributed by atoms with Gasteiger partial charge in [0.05, 0.1) is 5.69 Å². The van der Waals surface area contributed by atoms with Crippen molar-refractivity contribution in [3.8, 4) is 0 Å². The van der Waals surface area contributed by atoms with Crippen LogP contribution in [0.5, 0.6) is 0 Å². The summed E-state index contributed by atoms with van der Waals surface area (Å²) in [6, 6.07) is 2.09. The van der Waals surface area contributed by atoms with E-state index in [4.69, 9.17) is 4.52 Å². The van der Waals surface area contributed by atoms with E-state index in [0.29, 0.717) is 30.1 Å². The summed E-state index contributed by atoms with van der Waals surface area (Å²) in [6.45, 7) is 12.4. The number of carbonyl (C=O) groups excluding carboxylic acids is 1. The van der Waals surface area contributed by atoms with Crippen molar-refractivity contribution < 1.29 is 9.32 Å². The van der Waals surface area contributed by atoms with Crippen molar-refractivity contribution in [3.05, 3.63) is 28.9 Å². The number of likely N-dealkylation sites (N-methyl/N-ethyl adjacent to an activating group) is 1. The molecule has 1 amide bonds. The molecule has 0 aromatic carbocycles. The van der Waals surface area contributed by atoms with Gasteiger partial charge in [0.15, 0.2) is 0 Å². The number of aromatic nitrogens is 3. The average Bonchev–Trinajstić information content (AvgIpc) is 3.06. The third-order valence-corrected chi connectivity index (χ3v) is 5.78. The van der Waals surface area contributed by atoms with Gasteiger partial charge in [-0.15, -0.1) is 0 Å². The molecule has 2 aliphatic rings. The second kappa shape index (κ2) is 7.98. The number of rotatable bonds is 3. The molecule has 4 rings (SSSR count). The Kier molecular flexibility index (Phi) is 5.40. The first-order valence-corrected chi connectivity index (χ1v) is 10.2. The van der Waals surface area contributed by atoms with Gasteiger partial charge in [-0.1, -0.05) is 5.16 Å². The van der Waals surface area contributed by atoms with Crippen LogP contribution in [0.1, 0.15) is 27.6 Å². The van der Waals surface area contributed by atoms with Gasteiger partial charge in [-0.05, 0) is 27.8 Å². The van der Waals surface area contributed by atoms with E-state index in [1.54, 1.807) is 6.92 Å². The lowest BCUT2D eigenvalue weighted by atomic mass is 10.1. The topological polar surface area (TPSA) is 81.8 Å². The van der Waals surface area contributed by atoms with Gasteiger partial charge < -0.3 is 24.1 Å². The van der Waals surface area contributed by atoms with Crippen LogP contribution in [0.3, 0.4) is 0 Å². The Morgan fingerprint density at radius 3 is 1.97 bits per heavy atom. The highest BCUT2D eigenvalue weighted by atomic mass is 16.5. The number of amides is 1. The highest BCUT2D eigenvalue weighted by Crippen LogP contribution is 2.22. The van der Waals surface area contributed by atoms with E-state index in [9.17, 15) is 4.79 Å². The number of nitrogens with zero attached hydrogens (tertiary/aromatic N) is 7. The second-order valence-corrected chi connectivity index (χ2v) is 7.90. The minimum atomic E-state index is -0.00195. The molecule has 0 aliphatic carbocycles. The molecule has 29 heavy (non-hydrogen) atoms. The third-order valence-electron chi connectivity index (χ3n) is 5.78. The fourth-order valence-corrected chi connectivity index (χ4v) is 3.98. The van der Waals surface area contributed by atoms with E-state index in [-0.39, 0.29) is 5.91 Å². The molecule has 0 N–H and O–H groups in total. The van der Waals surface area contributed by atoms with E-state index < -0.39 is 0 Å². The minimum Gasteiger partial charge on any atom is -0.361 e. The molecular weight excluding hydrogens is 370 g/mol. The van der Waals surface area contributed by atoms with Gasteiger partial charge in [-0.2, -0.15) is 0 Å². The fourth-order valence-electron chi connectivity index (χ4n) is 3.98. The molecule has 2 saturated heterocycles. The highest BCUT2D eigenvalue weighted by Gasteiger charge is 2.27. The standard InChI is InChI=1S/C20H29N7O2/c1-14-19(15(2)29-23-14)20(28)27-11-9-26(10-12-27)18-13-17(21-16(3)22-18)25-7-5-24(4)6-8-25/h13H,5-12H2,1-4H3. The van der Waals surface area contributed by atoms with Gasteiger partial charge in [-0.3, -0.25) is 4.79 Å². The Bertz CT molecular complexity index is 861. The lowest BCUT2D eigenvalue weighted by Gasteiger charge is -2.36. The van der Waals surface area contributed by atoms with E-state index in [1.165, 1.54) is 0 Å². The summed E-state index contributed by atoms with van der Waals surface area (Å²) in [6.07, 6.45) is 0. The quantitative estimate of drug-likeness (QED) is 0.759. The van der Waals surface area contributed by atoms with Crippen LogP contribution in [0, 0.1) is 20.8 Å². The second-order valence-electron chi connectivity index (χ2n) is 7.90. The van der Waals surface area contributed by atoms with Crippen LogP contribution in [-0.4, -0.2) is 90.2 Å². The van der Waals surface area contributed by atoms with Crippen LogP contribution in [0.15, 0.2) is 10.6 Å². The van der Waals surface area contributed by atoms with Crippen molar-refractivity contribution in [1.29, 1.82) is 0 Å². The Labute approximate surface area is 171 Å². The van der Waals surface area contributed by atoms with Crippen molar-refractivity contribution in [1.82, 2.24) is 24.9 Å². The van der Waals surface area contributed by atoms with Crippen LogP contribution < -0.4 is 9.80 Å². The van der Waals surface area contributed by atoms with Gasteiger partial charge in [0, 0.05) is 58.4 Å². The first-order valence-electron chi connectivity index (χ1n) is 10.2. The number of anilines is 2. The largest absolute Gasteiger partial charge is 0.361 e. The van der Waals surface area contributed by atoms with Crippen molar-refractivity contribution >= 4 is 17.5 Å². The number of piperazine rings is 2. The molecule has 0 unspecified atom stereocenters. The predicted molar refractivity (Wildman–Crippen MR) is 111 cm³/mol. The normalized spacial score (nSPS) is 18.4. The third kappa shape index (κ3) is 4.05. The lowest BCUT2D eigenvalue weighted by Crippen LogP contribution is -2.49. The molecule has 0 spiro atoms. The maximum Gasteiger partial charge on any atom is 0.259 e. The van der Waals surface area contributed by atoms with E-state index in [0.717, 1.165) is 56.7 Å². The molecule has 0 atom stereocenters. The monoisotopic (exact) mass is 399 g/mol. The van der Waals surface area contributed by atoms with Crippen molar-refractivity contribution in [2.75, 3.05) is 69.2 Å². The molecule has 156 valence electrons. The van der Waals surface area contributed by atoms with Crippen molar-refractivity contribution in [2.24, 2.45) is 0 Å². The predicted octanol–water partition coefficient (Wildman–Crippen LogP) is 1.10. The van der Waals surface area contributed by atoms with Crippen molar-refractivity contribution in [3.63, 3.8) is 0 Å². The zero-order valence-electron chi connectivity index (χ0n) is 17.7. The Hall–Kier alpha value is -2.68. The van der Waals surface area contributed by atoms with Gasteiger partial charge >= 0.3 is 0 Å². The fraction of sp³-hybridized carbons (Fsp3) is 0.600. The zero-order valence-corrected chi connectivity index (χ0v) is 17.7. The molecule has 2 aliphatic heterocycles. The number of hydrogen-bond acceptors (Lipinski definition) is 8. The van der Waals surface area contributed by atoms with Gasteiger partial charge in [-0.25, -0.2) is 9.97 Å². The van der Waals surface area contributed by atoms with Crippen LogP contribution in [0.4, 0.5) is 11.6 Å². The molecule has 0 saturated carbocycles. The Morgan fingerprint density at radius 2 is 1.45 bits per heavy atom. The summed E-state index contributed by atoms with van der Waals surface area (Å²) in [7, 11) is 2.15. The van der Waals surface area contributed by atoms with Gasteiger partial charge in [0.25, 0.3) is 5.91 Å². The summed E-state index contributed by atoms with van der Waals surface area (Å²) >= 11 is 0. The molecule has 4 heterocycles. The van der Waals surface area contributed by atoms with E-state index in [1.807, 2.05) is 18.7 Å². The van der Waals surface area contributed by atoms with Crippen molar-refractivity contribution in [2.45, 2.75) is 20.8 Å². The SMILES string of the molecule is Cc1nc(N2CCN(C)CC2)cc(N2CCN(C(=O)c3c(C)noc3C)CC2)n1. The molecule has 0 radical (unpaired) electrons. The smallest absolute Gasteiger partial charge is 0.259 e. The first kappa shape index (κ1) is 19.6. The summed E-state index contributed by atoms with van der Waals surface area (Å²) in [5.74, 6) is 3.30. The summed E-state index contributed by atoms with van der Waals surface area (Å²) in [4.78, 5) is 31.0. The van der Waals surface area contributed by atoms with Gasteiger partial charge in [0.1, 0.15) is 28.8 Å². The summed E-state index contributed by atoms with van der Waals surface area (Å²) < 4.78 is 5.16. The van der Waals surface area contributed by atoms with Crippen LogP contribution >= 0.6 is 0 Å². The molecule has 2 fully saturated rings. The van der Waals surface area contributed by atoms with Crippen LogP contribution in [0.25, 0.3) is 0 Å². The van der Waals surface area contributed by atoms with E-state index >= 15 is 0 Å². The van der Waals surface area contributed by atoms with Crippen LogP contribution in [0.2, 0.25) is 0 Å². The number of aryl methyl sites for hydroxylation is 3. The molecule has 9 nitrogen and oxygen atoms in total. The highest BCUT2D eigenvalue weighted by molar-refractivity contribution is 5.96. The lowest BCUT2D eigenvalue weighted by molar-refractivity contribution is 0.0744. The molecule has 2 aromatic rings. The molecule has 2 aromatic heterocycles. The average molecular weight is 399 g/mol. The Balaban J connectivity index is 1.44. The minimum absolute atomic E-state index is 0.00195. The number of hydrogen-bond donors (Lipinski definition) is 0. The number of carbonyl (C=O) groups is 1. The molecular formula is C20H29N7O2. The maximum atomic E-state index is 12.9. The zero-order chi connectivity index (χ0) is 20.5. The maximum absolute atomic E-state index is 12.9. The summed E-state index contributed by atoms with van der Waals surface area (Å²) in [5, 5.41) is 3.91. The van der Waals surface area contributed by atoms with Gasteiger partial charge in [0.2, 0.25) is 0 Å². The summed E-state index contributed by atoms with van der Waals surface area (Å²) in [5.41, 5.74) is 1.24. The first-order chi connectivity index (χ1) is 13.9. The molecule has 9 heteroatoms. The molecule has 0 bridgehead atoms.